The maximum atomic E-state index is 12.8. The first-order valence-electron chi connectivity index (χ1n) is 9.45. The average Bonchev–Trinajstić information content (AvgIpc) is 3.17. The molecule has 1 aliphatic carbocycles. The van der Waals surface area contributed by atoms with Crippen LogP contribution in [-0.4, -0.2) is 32.3 Å². The average molecular weight is 346 g/mol. The van der Waals surface area contributed by atoms with Crippen LogP contribution in [0.3, 0.4) is 0 Å². The van der Waals surface area contributed by atoms with Crippen molar-refractivity contribution in [2.24, 2.45) is 11.8 Å². The van der Waals surface area contributed by atoms with E-state index in [1.165, 1.54) is 11.0 Å². The van der Waals surface area contributed by atoms with E-state index in [0.717, 1.165) is 38.3 Å². The molecule has 3 atom stereocenters. The van der Waals surface area contributed by atoms with E-state index < -0.39 is 0 Å². The lowest BCUT2D eigenvalue weighted by molar-refractivity contribution is 0.0453. The monoisotopic (exact) mass is 346 g/mol. The summed E-state index contributed by atoms with van der Waals surface area (Å²) < 4.78 is 8.68. The Morgan fingerprint density at radius 1 is 1.12 bits per heavy atom. The minimum absolute atomic E-state index is 0.243. The fraction of sp³-hybridized carbons (Fsp3) is 0.722. The molecule has 2 aromatic rings. The Morgan fingerprint density at radius 3 is 2.60 bits per heavy atom. The highest BCUT2D eigenvalue weighted by molar-refractivity contribution is 5.70. The lowest BCUT2D eigenvalue weighted by atomic mass is 9.96. The normalized spacial score (nSPS) is 25.8. The van der Waals surface area contributed by atoms with Crippen LogP contribution in [0.5, 0.6) is 0 Å². The second kappa shape index (κ2) is 6.44. The molecule has 1 aliphatic heterocycles. The molecule has 4 rings (SSSR count). The number of imidazole rings is 1. The van der Waals surface area contributed by atoms with Crippen molar-refractivity contribution in [1.29, 1.82) is 0 Å². The SMILES string of the molecule is CCCn1c(=O)c2[nH]c(C3CC4COCC3C4)nc2n(CCC)c1=O. The number of rotatable bonds is 5. The van der Waals surface area contributed by atoms with Crippen LogP contribution in [0.25, 0.3) is 11.2 Å². The topological polar surface area (TPSA) is 81.9 Å². The molecule has 0 radical (unpaired) electrons. The highest BCUT2D eigenvalue weighted by Gasteiger charge is 2.40. The molecule has 136 valence electrons. The van der Waals surface area contributed by atoms with Crippen LogP contribution < -0.4 is 11.2 Å². The lowest BCUT2D eigenvalue weighted by Crippen LogP contribution is -2.40. The first-order valence-corrected chi connectivity index (χ1v) is 9.45. The summed E-state index contributed by atoms with van der Waals surface area (Å²) >= 11 is 0. The quantitative estimate of drug-likeness (QED) is 0.896. The van der Waals surface area contributed by atoms with Gasteiger partial charge in [-0.2, -0.15) is 0 Å². The van der Waals surface area contributed by atoms with Crippen molar-refractivity contribution in [2.45, 2.75) is 58.5 Å². The molecule has 0 spiro atoms. The van der Waals surface area contributed by atoms with E-state index in [1.807, 2.05) is 13.8 Å². The summed E-state index contributed by atoms with van der Waals surface area (Å²) in [5.41, 5.74) is 0.498. The Kier molecular flexibility index (Phi) is 4.27. The number of H-pyrrole nitrogens is 1. The van der Waals surface area contributed by atoms with Crippen molar-refractivity contribution in [3.05, 3.63) is 26.7 Å². The standard InChI is InChI=1S/C18H26N4O3/c1-3-5-21-16-14(17(23)22(6-4-2)18(21)24)19-15(20-16)13-8-11-7-12(13)10-25-9-11/h11-13H,3-10H2,1-2H3,(H,19,20). The van der Waals surface area contributed by atoms with Gasteiger partial charge in [-0.3, -0.25) is 13.9 Å². The van der Waals surface area contributed by atoms with E-state index in [-0.39, 0.29) is 11.2 Å². The van der Waals surface area contributed by atoms with Gasteiger partial charge < -0.3 is 9.72 Å². The van der Waals surface area contributed by atoms with Gasteiger partial charge in [0.25, 0.3) is 5.56 Å². The predicted molar refractivity (Wildman–Crippen MR) is 95.0 cm³/mol. The summed E-state index contributed by atoms with van der Waals surface area (Å²) in [5, 5.41) is 0. The maximum Gasteiger partial charge on any atom is 0.332 e. The summed E-state index contributed by atoms with van der Waals surface area (Å²) in [7, 11) is 0. The van der Waals surface area contributed by atoms with Gasteiger partial charge in [-0.05, 0) is 37.5 Å². The second-order valence-corrected chi connectivity index (χ2v) is 7.45. The van der Waals surface area contributed by atoms with Crippen LogP contribution in [0.4, 0.5) is 0 Å². The Balaban J connectivity index is 1.87. The highest BCUT2D eigenvalue weighted by atomic mass is 16.5. The van der Waals surface area contributed by atoms with Crippen molar-refractivity contribution < 1.29 is 4.74 Å². The molecule has 7 nitrogen and oxygen atoms in total. The third-order valence-corrected chi connectivity index (χ3v) is 5.60. The molecule has 0 aromatic carbocycles. The molecule has 2 aromatic heterocycles. The molecule has 1 saturated carbocycles. The van der Waals surface area contributed by atoms with Gasteiger partial charge in [-0.1, -0.05) is 13.8 Å². The van der Waals surface area contributed by atoms with Gasteiger partial charge in [-0.25, -0.2) is 9.78 Å². The van der Waals surface area contributed by atoms with E-state index in [4.69, 9.17) is 9.72 Å². The second-order valence-electron chi connectivity index (χ2n) is 7.45. The number of hydrogen-bond acceptors (Lipinski definition) is 4. The number of aryl methyl sites for hydroxylation is 1. The third-order valence-electron chi connectivity index (χ3n) is 5.60. The fourth-order valence-corrected chi connectivity index (χ4v) is 4.49. The van der Waals surface area contributed by atoms with E-state index in [2.05, 4.69) is 4.98 Å². The summed E-state index contributed by atoms with van der Waals surface area (Å²) in [6, 6.07) is 0. The Morgan fingerprint density at radius 2 is 1.88 bits per heavy atom. The molecule has 2 bridgehead atoms. The van der Waals surface area contributed by atoms with E-state index in [0.29, 0.717) is 42.0 Å². The third kappa shape index (κ3) is 2.65. The van der Waals surface area contributed by atoms with Crippen LogP contribution in [0.2, 0.25) is 0 Å². The number of hydrogen-bond donors (Lipinski definition) is 1. The molecule has 1 N–H and O–H groups in total. The van der Waals surface area contributed by atoms with Gasteiger partial charge >= 0.3 is 5.69 Å². The number of ether oxygens (including phenoxy) is 1. The van der Waals surface area contributed by atoms with Gasteiger partial charge in [0.1, 0.15) is 11.3 Å². The molecular formula is C18H26N4O3. The summed E-state index contributed by atoms with van der Waals surface area (Å²) in [5.74, 6) is 2.20. The first kappa shape index (κ1) is 16.6. The van der Waals surface area contributed by atoms with E-state index in [9.17, 15) is 9.59 Å². The molecule has 25 heavy (non-hydrogen) atoms. The minimum Gasteiger partial charge on any atom is -0.381 e. The van der Waals surface area contributed by atoms with Gasteiger partial charge in [0, 0.05) is 25.6 Å². The fourth-order valence-electron chi connectivity index (χ4n) is 4.49. The van der Waals surface area contributed by atoms with E-state index in [1.54, 1.807) is 4.57 Å². The molecule has 3 unspecified atom stereocenters. The number of nitrogens with zero attached hydrogens (tertiary/aromatic N) is 3. The van der Waals surface area contributed by atoms with Crippen LogP contribution >= 0.6 is 0 Å². The Bertz CT molecular complexity index is 894. The molecule has 2 aliphatic rings. The number of nitrogens with one attached hydrogen (secondary N) is 1. The molecular weight excluding hydrogens is 320 g/mol. The highest BCUT2D eigenvalue weighted by Crippen LogP contribution is 2.45. The molecule has 1 saturated heterocycles. The molecule has 2 fully saturated rings. The van der Waals surface area contributed by atoms with Crippen LogP contribution in [0, 0.1) is 11.8 Å². The van der Waals surface area contributed by atoms with E-state index >= 15 is 0 Å². The zero-order valence-corrected chi connectivity index (χ0v) is 15.0. The lowest BCUT2D eigenvalue weighted by Gasteiger charge is -2.20. The molecule has 7 heteroatoms. The number of aromatic amines is 1. The Hall–Kier alpha value is -1.89. The predicted octanol–water partition coefficient (Wildman–Crippen LogP) is 1.85. The number of aromatic nitrogens is 4. The summed E-state index contributed by atoms with van der Waals surface area (Å²) in [6.07, 6.45) is 3.79. The van der Waals surface area contributed by atoms with Crippen LogP contribution in [0.15, 0.2) is 9.59 Å². The van der Waals surface area contributed by atoms with Gasteiger partial charge in [0.05, 0.1) is 6.61 Å². The maximum absolute atomic E-state index is 12.8. The van der Waals surface area contributed by atoms with Gasteiger partial charge in [0.2, 0.25) is 0 Å². The molecule has 3 heterocycles. The number of fused-ring (bicyclic) bond motifs is 3. The van der Waals surface area contributed by atoms with Crippen LogP contribution in [0.1, 0.15) is 51.3 Å². The van der Waals surface area contributed by atoms with Crippen molar-refractivity contribution >= 4 is 11.2 Å². The zero-order chi connectivity index (χ0) is 17.6. The first-order chi connectivity index (χ1) is 12.1. The van der Waals surface area contributed by atoms with Gasteiger partial charge in [-0.15, -0.1) is 0 Å². The van der Waals surface area contributed by atoms with Gasteiger partial charge in [0.15, 0.2) is 5.65 Å². The van der Waals surface area contributed by atoms with Crippen molar-refractivity contribution in [2.75, 3.05) is 13.2 Å². The summed E-state index contributed by atoms with van der Waals surface area (Å²) in [6.45, 7) is 6.60. The van der Waals surface area contributed by atoms with Crippen molar-refractivity contribution in [1.82, 2.24) is 19.1 Å². The molecule has 0 amide bonds. The largest absolute Gasteiger partial charge is 0.381 e. The summed E-state index contributed by atoms with van der Waals surface area (Å²) in [4.78, 5) is 33.6. The van der Waals surface area contributed by atoms with Crippen LogP contribution in [-0.2, 0) is 17.8 Å². The Labute approximate surface area is 146 Å². The zero-order valence-electron chi connectivity index (χ0n) is 15.0. The smallest absolute Gasteiger partial charge is 0.332 e. The minimum atomic E-state index is -0.245. The van der Waals surface area contributed by atoms with Crippen molar-refractivity contribution in [3.63, 3.8) is 0 Å². The van der Waals surface area contributed by atoms with Crippen molar-refractivity contribution in [3.8, 4) is 0 Å².